The van der Waals surface area contributed by atoms with Crippen molar-refractivity contribution < 1.29 is 15.3 Å². The van der Waals surface area contributed by atoms with Crippen molar-refractivity contribution in [3.63, 3.8) is 0 Å². The zero-order valence-corrected chi connectivity index (χ0v) is 8.22. The Hall–Kier alpha value is -0.900. The van der Waals surface area contributed by atoms with Crippen LogP contribution in [-0.4, -0.2) is 33.6 Å². The van der Waals surface area contributed by atoms with Crippen molar-refractivity contribution in [3.8, 4) is 0 Å². The molecule has 1 aromatic rings. The molecule has 0 aliphatic carbocycles. The molecular formula is C11H16O3. The van der Waals surface area contributed by atoms with Gasteiger partial charge >= 0.3 is 0 Å². The summed E-state index contributed by atoms with van der Waals surface area (Å²) in [7, 11) is 0. The first kappa shape index (κ1) is 11.2. The molecule has 1 rings (SSSR count). The number of hydrogen-bond donors (Lipinski definition) is 3. The summed E-state index contributed by atoms with van der Waals surface area (Å²) in [5.74, 6) is 0. The highest BCUT2D eigenvalue weighted by Gasteiger charge is 2.29. The normalized spacial score (nSPS) is 17.4. The van der Waals surface area contributed by atoms with Crippen LogP contribution in [0.1, 0.15) is 12.5 Å². The van der Waals surface area contributed by atoms with Gasteiger partial charge in [0.25, 0.3) is 0 Å². The Labute approximate surface area is 83.6 Å². The molecule has 14 heavy (non-hydrogen) atoms. The lowest BCUT2D eigenvalue weighted by molar-refractivity contribution is -0.0821. The second-order valence-electron chi connectivity index (χ2n) is 3.72. The quantitative estimate of drug-likeness (QED) is 0.650. The van der Waals surface area contributed by atoms with Gasteiger partial charge < -0.3 is 15.3 Å². The first-order valence-electron chi connectivity index (χ1n) is 4.61. The third kappa shape index (κ3) is 2.80. The van der Waals surface area contributed by atoms with Crippen molar-refractivity contribution in [2.75, 3.05) is 6.61 Å². The molecule has 2 atom stereocenters. The molecule has 0 saturated carbocycles. The molecule has 0 saturated heterocycles. The predicted octanol–water partition coefficient (Wildman–Crippen LogP) is 0.333. The number of hydrogen-bond acceptors (Lipinski definition) is 3. The van der Waals surface area contributed by atoms with E-state index in [4.69, 9.17) is 5.11 Å². The van der Waals surface area contributed by atoms with Crippen LogP contribution in [0.3, 0.4) is 0 Å². The fraction of sp³-hybridized carbons (Fsp3) is 0.455. The third-order valence-electron chi connectivity index (χ3n) is 2.30. The van der Waals surface area contributed by atoms with Gasteiger partial charge in [-0.25, -0.2) is 0 Å². The lowest BCUT2D eigenvalue weighted by Gasteiger charge is -2.27. The molecule has 2 unspecified atom stereocenters. The van der Waals surface area contributed by atoms with Crippen molar-refractivity contribution in [2.24, 2.45) is 0 Å². The van der Waals surface area contributed by atoms with Gasteiger partial charge in [0, 0.05) is 6.42 Å². The summed E-state index contributed by atoms with van der Waals surface area (Å²) in [6.45, 7) is 1.08. The second kappa shape index (κ2) is 4.55. The predicted molar refractivity (Wildman–Crippen MR) is 53.9 cm³/mol. The van der Waals surface area contributed by atoms with Crippen LogP contribution in [0.2, 0.25) is 0 Å². The summed E-state index contributed by atoms with van der Waals surface area (Å²) in [5, 5.41) is 27.9. The Kier molecular flexibility index (Phi) is 3.63. The van der Waals surface area contributed by atoms with E-state index in [1.165, 1.54) is 6.92 Å². The second-order valence-corrected chi connectivity index (χ2v) is 3.72. The van der Waals surface area contributed by atoms with Gasteiger partial charge in [-0.2, -0.15) is 0 Å². The fourth-order valence-corrected chi connectivity index (χ4v) is 1.32. The lowest BCUT2D eigenvalue weighted by Crippen LogP contribution is -2.43. The van der Waals surface area contributed by atoms with Gasteiger partial charge in [0.2, 0.25) is 0 Å². The minimum absolute atomic E-state index is 0.329. The molecule has 0 aromatic heterocycles. The summed E-state index contributed by atoms with van der Waals surface area (Å²) in [4.78, 5) is 0. The van der Waals surface area contributed by atoms with Gasteiger partial charge in [-0.15, -0.1) is 0 Å². The minimum Gasteiger partial charge on any atom is -0.394 e. The molecule has 0 radical (unpaired) electrons. The highest BCUT2D eigenvalue weighted by molar-refractivity contribution is 5.17. The van der Waals surface area contributed by atoms with Gasteiger partial charge in [-0.1, -0.05) is 30.3 Å². The van der Waals surface area contributed by atoms with Crippen molar-refractivity contribution in [2.45, 2.75) is 25.0 Å². The first-order valence-corrected chi connectivity index (χ1v) is 4.61. The largest absolute Gasteiger partial charge is 0.394 e. The molecule has 0 amide bonds. The van der Waals surface area contributed by atoms with Crippen LogP contribution in [-0.2, 0) is 6.42 Å². The molecule has 0 aliphatic rings. The lowest BCUT2D eigenvalue weighted by atomic mass is 9.91. The van der Waals surface area contributed by atoms with Crippen LogP contribution < -0.4 is 0 Å². The van der Waals surface area contributed by atoms with E-state index < -0.39 is 18.3 Å². The Morgan fingerprint density at radius 1 is 1.29 bits per heavy atom. The van der Waals surface area contributed by atoms with Crippen LogP contribution in [0.25, 0.3) is 0 Å². The number of benzene rings is 1. The molecule has 0 bridgehead atoms. The van der Waals surface area contributed by atoms with Crippen LogP contribution in [0.5, 0.6) is 0 Å². The summed E-state index contributed by atoms with van der Waals surface area (Å²) < 4.78 is 0. The Balaban J connectivity index is 2.68. The Bertz CT molecular complexity index is 269. The zero-order chi connectivity index (χ0) is 10.6. The van der Waals surface area contributed by atoms with Crippen LogP contribution in [0, 0.1) is 0 Å². The number of aliphatic hydroxyl groups excluding tert-OH is 2. The summed E-state index contributed by atoms with van der Waals surface area (Å²) in [5.41, 5.74) is -0.346. The van der Waals surface area contributed by atoms with Crippen molar-refractivity contribution >= 4 is 0 Å². The van der Waals surface area contributed by atoms with E-state index in [1.54, 1.807) is 0 Å². The molecule has 3 N–H and O–H groups in total. The highest BCUT2D eigenvalue weighted by Crippen LogP contribution is 2.16. The molecule has 0 spiro atoms. The highest BCUT2D eigenvalue weighted by atomic mass is 16.4. The molecular weight excluding hydrogens is 180 g/mol. The first-order chi connectivity index (χ1) is 6.56. The topological polar surface area (TPSA) is 60.7 Å². The summed E-state index contributed by atoms with van der Waals surface area (Å²) in [6.07, 6.45) is -0.780. The van der Waals surface area contributed by atoms with Crippen LogP contribution in [0.4, 0.5) is 0 Å². The Morgan fingerprint density at radius 2 is 1.86 bits per heavy atom. The zero-order valence-electron chi connectivity index (χ0n) is 8.22. The minimum atomic E-state index is -1.28. The maximum Gasteiger partial charge on any atom is 0.106 e. The van der Waals surface area contributed by atoms with E-state index in [2.05, 4.69) is 0 Å². The van der Waals surface area contributed by atoms with E-state index >= 15 is 0 Å². The van der Waals surface area contributed by atoms with E-state index in [0.717, 1.165) is 5.56 Å². The SMILES string of the molecule is CC(O)(Cc1ccccc1)C(O)CO. The molecule has 3 heteroatoms. The number of aliphatic hydroxyl groups is 3. The van der Waals surface area contributed by atoms with E-state index in [9.17, 15) is 10.2 Å². The molecule has 78 valence electrons. The van der Waals surface area contributed by atoms with Gasteiger partial charge in [0.1, 0.15) is 6.10 Å². The van der Waals surface area contributed by atoms with E-state index in [0.29, 0.717) is 6.42 Å². The van der Waals surface area contributed by atoms with E-state index in [1.807, 2.05) is 30.3 Å². The average molecular weight is 196 g/mol. The monoisotopic (exact) mass is 196 g/mol. The van der Waals surface area contributed by atoms with Crippen LogP contribution in [0.15, 0.2) is 30.3 Å². The smallest absolute Gasteiger partial charge is 0.106 e. The average Bonchev–Trinajstić information content (AvgIpc) is 2.17. The van der Waals surface area contributed by atoms with Crippen molar-refractivity contribution in [3.05, 3.63) is 35.9 Å². The van der Waals surface area contributed by atoms with E-state index in [-0.39, 0.29) is 0 Å². The van der Waals surface area contributed by atoms with Crippen molar-refractivity contribution in [1.82, 2.24) is 0 Å². The summed E-state index contributed by atoms with van der Waals surface area (Å²) in [6, 6.07) is 9.38. The molecule has 0 aliphatic heterocycles. The Morgan fingerprint density at radius 3 is 2.36 bits per heavy atom. The number of rotatable bonds is 4. The van der Waals surface area contributed by atoms with Gasteiger partial charge in [-0.3, -0.25) is 0 Å². The fourth-order valence-electron chi connectivity index (χ4n) is 1.32. The molecule has 1 aromatic carbocycles. The standard InChI is InChI=1S/C11H16O3/c1-11(14,10(13)8-12)7-9-5-3-2-4-6-9/h2-6,10,12-14H,7-8H2,1H3. The van der Waals surface area contributed by atoms with Crippen molar-refractivity contribution in [1.29, 1.82) is 0 Å². The maximum atomic E-state index is 9.83. The summed E-state index contributed by atoms with van der Waals surface area (Å²) >= 11 is 0. The van der Waals surface area contributed by atoms with Gasteiger partial charge in [0.15, 0.2) is 0 Å². The van der Waals surface area contributed by atoms with Crippen LogP contribution >= 0.6 is 0 Å². The van der Waals surface area contributed by atoms with Gasteiger partial charge in [-0.05, 0) is 12.5 Å². The molecule has 0 heterocycles. The van der Waals surface area contributed by atoms with Gasteiger partial charge in [0.05, 0.1) is 12.2 Å². The molecule has 0 fully saturated rings. The maximum absolute atomic E-state index is 9.83. The molecule has 3 nitrogen and oxygen atoms in total. The third-order valence-corrected chi connectivity index (χ3v) is 2.30.